The second-order valence-electron chi connectivity index (χ2n) is 4.46. The van der Waals surface area contributed by atoms with E-state index in [-0.39, 0.29) is 11.8 Å². The zero-order chi connectivity index (χ0) is 15.9. The summed E-state index contributed by atoms with van der Waals surface area (Å²) in [5.74, 6) is 0.258. The van der Waals surface area contributed by atoms with Crippen molar-refractivity contribution in [1.29, 1.82) is 0 Å². The van der Waals surface area contributed by atoms with Crippen molar-refractivity contribution in [3.8, 4) is 0 Å². The molecule has 0 aliphatic rings. The van der Waals surface area contributed by atoms with E-state index >= 15 is 0 Å². The van der Waals surface area contributed by atoms with Crippen molar-refractivity contribution in [1.82, 2.24) is 9.97 Å². The largest absolute Gasteiger partial charge is 0.606 e. The Morgan fingerprint density at radius 2 is 1.77 bits per heavy atom. The van der Waals surface area contributed by atoms with Crippen molar-refractivity contribution >= 4 is 57.0 Å². The van der Waals surface area contributed by atoms with Gasteiger partial charge < -0.3 is 16.0 Å². The fraction of sp³-hybridized carbons (Fsp3) is 0. The van der Waals surface area contributed by atoms with Gasteiger partial charge in [0.2, 0.25) is 5.95 Å². The summed E-state index contributed by atoms with van der Waals surface area (Å²) < 4.78 is 12.8. The highest BCUT2D eigenvalue weighted by Crippen LogP contribution is 2.33. The average molecular weight is 353 g/mol. The van der Waals surface area contributed by atoms with Crippen molar-refractivity contribution in [3.05, 3.63) is 46.4 Å². The fourth-order valence-corrected chi connectivity index (χ4v) is 3.70. The fourth-order valence-electron chi connectivity index (χ4n) is 2.07. The molecule has 8 heteroatoms. The number of halogens is 2. The van der Waals surface area contributed by atoms with Crippen LogP contribution in [0.3, 0.4) is 0 Å². The lowest BCUT2D eigenvalue weighted by atomic mass is 10.2. The number of nitrogen functional groups attached to an aromatic ring is 2. The van der Waals surface area contributed by atoms with Gasteiger partial charge in [0.15, 0.2) is 9.79 Å². The number of hydrogen-bond acceptors (Lipinski definition) is 5. The van der Waals surface area contributed by atoms with Crippen LogP contribution in [0.4, 0.5) is 11.8 Å². The highest BCUT2D eigenvalue weighted by Gasteiger charge is 2.22. The Morgan fingerprint density at radius 1 is 1.00 bits per heavy atom. The number of benzene rings is 2. The molecule has 0 radical (unpaired) electrons. The third-order valence-electron chi connectivity index (χ3n) is 3.04. The van der Waals surface area contributed by atoms with E-state index in [0.29, 0.717) is 30.7 Å². The molecule has 0 saturated heterocycles. The molecule has 1 aromatic heterocycles. The lowest BCUT2D eigenvalue weighted by molar-refractivity contribution is 0.596. The molecule has 0 bridgehead atoms. The zero-order valence-electron chi connectivity index (χ0n) is 11.1. The van der Waals surface area contributed by atoms with E-state index in [9.17, 15) is 4.55 Å². The van der Waals surface area contributed by atoms with Gasteiger partial charge in [-0.25, -0.2) is 4.98 Å². The maximum atomic E-state index is 12.8. The summed E-state index contributed by atoms with van der Waals surface area (Å²) in [6, 6.07) is 9.99. The summed E-state index contributed by atoms with van der Waals surface area (Å²) in [5, 5.41) is 1.25. The van der Waals surface area contributed by atoms with Gasteiger partial charge in [-0.15, -0.1) is 0 Å². The molecule has 4 N–H and O–H groups in total. The van der Waals surface area contributed by atoms with Crippen molar-refractivity contribution in [2.75, 3.05) is 11.5 Å². The molecule has 1 atom stereocenters. The van der Waals surface area contributed by atoms with Crippen LogP contribution in [0, 0.1) is 0 Å². The Bertz CT molecular complexity index is 875. The van der Waals surface area contributed by atoms with Crippen molar-refractivity contribution in [2.45, 2.75) is 9.79 Å². The average Bonchev–Trinajstić information content (AvgIpc) is 2.48. The molecule has 0 fully saturated rings. The molecule has 2 aromatic carbocycles. The van der Waals surface area contributed by atoms with Gasteiger partial charge in [-0.3, -0.25) is 0 Å². The number of nitrogens with two attached hydrogens (primary N) is 2. The van der Waals surface area contributed by atoms with Crippen LogP contribution in [-0.4, -0.2) is 14.5 Å². The lowest BCUT2D eigenvalue weighted by Gasteiger charge is -2.13. The molecule has 1 heterocycles. The van der Waals surface area contributed by atoms with Crippen LogP contribution in [0.15, 0.2) is 46.2 Å². The first-order valence-corrected chi connectivity index (χ1v) is 8.06. The molecule has 3 rings (SSSR count). The number of rotatable bonds is 2. The minimum absolute atomic E-state index is 0.0717. The second-order valence-corrected chi connectivity index (χ2v) is 6.73. The van der Waals surface area contributed by atoms with Crippen LogP contribution >= 0.6 is 23.2 Å². The van der Waals surface area contributed by atoms with Crippen molar-refractivity contribution in [3.63, 3.8) is 0 Å². The molecule has 22 heavy (non-hydrogen) atoms. The standard InChI is InChI=1S/C14H10Cl2N4OS/c15-8-5-4-7(6-9(8)16)22(21)11-3-1-2-10-12(11)13(17)20-14(18)19-10/h1-6H,(H4,17,18,19,20). The van der Waals surface area contributed by atoms with Crippen LogP contribution in [-0.2, 0) is 11.2 Å². The molecule has 0 amide bonds. The predicted octanol–water partition coefficient (Wildman–Crippen LogP) is 3.27. The Hall–Kier alpha value is -1.73. The van der Waals surface area contributed by atoms with E-state index in [1.165, 1.54) is 0 Å². The van der Waals surface area contributed by atoms with E-state index in [1.807, 2.05) is 0 Å². The van der Waals surface area contributed by atoms with E-state index in [0.717, 1.165) is 0 Å². The van der Waals surface area contributed by atoms with Gasteiger partial charge in [0.05, 0.1) is 20.9 Å². The number of fused-ring (bicyclic) bond motifs is 1. The van der Waals surface area contributed by atoms with Gasteiger partial charge in [-0.05, 0) is 24.3 Å². The van der Waals surface area contributed by atoms with Gasteiger partial charge in [0.25, 0.3) is 0 Å². The lowest BCUT2D eigenvalue weighted by Crippen LogP contribution is -2.07. The van der Waals surface area contributed by atoms with Gasteiger partial charge >= 0.3 is 0 Å². The van der Waals surface area contributed by atoms with E-state index in [2.05, 4.69) is 9.97 Å². The summed E-state index contributed by atoms with van der Waals surface area (Å²) in [6.45, 7) is 0. The first kappa shape index (κ1) is 15.2. The van der Waals surface area contributed by atoms with Crippen LogP contribution in [0.2, 0.25) is 10.0 Å². The van der Waals surface area contributed by atoms with E-state index < -0.39 is 11.2 Å². The van der Waals surface area contributed by atoms with Gasteiger partial charge in [-0.2, -0.15) is 4.98 Å². The molecule has 0 aliphatic heterocycles. The monoisotopic (exact) mass is 352 g/mol. The summed E-state index contributed by atoms with van der Waals surface area (Å²) in [5.41, 5.74) is 12.0. The van der Waals surface area contributed by atoms with Crippen molar-refractivity contribution < 1.29 is 4.55 Å². The van der Waals surface area contributed by atoms with Gasteiger partial charge in [0.1, 0.15) is 5.82 Å². The first-order chi connectivity index (χ1) is 10.5. The molecule has 112 valence electrons. The number of anilines is 2. The number of aromatic nitrogens is 2. The van der Waals surface area contributed by atoms with Crippen molar-refractivity contribution in [2.24, 2.45) is 0 Å². The third kappa shape index (κ3) is 2.66. The Balaban J connectivity index is 2.19. The number of hydrogen-bond donors (Lipinski definition) is 2. The second kappa shape index (κ2) is 5.81. The van der Waals surface area contributed by atoms with Gasteiger partial charge in [-0.1, -0.05) is 29.3 Å². The molecule has 3 aromatic rings. The third-order valence-corrected chi connectivity index (χ3v) is 5.20. The quantitative estimate of drug-likeness (QED) is 0.689. The SMILES string of the molecule is Nc1nc(N)c2c([S+]([O-])c3ccc(Cl)c(Cl)c3)cccc2n1. The normalized spacial score (nSPS) is 12.5. The maximum absolute atomic E-state index is 12.8. The van der Waals surface area contributed by atoms with Crippen LogP contribution in [0.25, 0.3) is 10.9 Å². The summed E-state index contributed by atoms with van der Waals surface area (Å²) >= 11 is 10.4. The zero-order valence-corrected chi connectivity index (χ0v) is 13.4. The molecule has 0 saturated carbocycles. The molecule has 0 spiro atoms. The smallest absolute Gasteiger partial charge is 0.222 e. The van der Waals surface area contributed by atoms with Gasteiger partial charge in [0, 0.05) is 17.2 Å². The summed E-state index contributed by atoms with van der Waals surface area (Å²) in [4.78, 5) is 9.05. The van der Waals surface area contributed by atoms with Crippen LogP contribution < -0.4 is 11.5 Å². The van der Waals surface area contributed by atoms with E-state index in [1.54, 1.807) is 36.4 Å². The van der Waals surface area contributed by atoms with E-state index in [4.69, 9.17) is 34.7 Å². The predicted molar refractivity (Wildman–Crippen MR) is 89.5 cm³/mol. The maximum Gasteiger partial charge on any atom is 0.222 e. The molecular formula is C14H10Cl2N4OS. The minimum atomic E-state index is -1.50. The highest BCUT2D eigenvalue weighted by molar-refractivity contribution is 7.91. The Kier molecular flexibility index (Phi) is 4.01. The molecule has 1 unspecified atom stereocenters. The Labute approximate surface area is 139 Å². The molecule has 0 aliphatic carbocycles. The highest BCUT2D eigenvalue weighted by atomic mass is 35.5. The summed E-state index contributed by atoms with van der Waals surface area (Å²) in [6.07, 6.45) is 0. The molecular weight excluding hydrogens is 343 g/mol. The molecule has 5 nitrogen and oxygen atoms in total. The minimum Gasteiger partial charge on any atom is -0.606 e. The topological polar surface area (TPSA) is 101 Å². The van der Waals surface area contributed by atoms with Crippen LogP contribution in [0.5, 0.6) is 0 Å². The van der Waals surface area contributed by atoms with Crippen LogP contribution in [0.1, 0.15) is 0 Å². The first-order valence-electron chi connectivity index (χ1n) is 6.16. The number of nitrogens with zero attached hydrogens (tertiary/aromatic N) is 2. The Morgan fingerprint density at radius 3 is 2.50 bits per heavy atom. The summed E-state index contributed by atoms with van der Waals surface area (Å²) in [7, 11) is 0.